The second kappa shape index (κ2) is 54.7. The van der Waals surface area contributed by atoms with Gasteiger partial charge in [-0.3, -0.25) is 86.3 Å². The molecule has 0 aliphatic carbocycles. The number of aliphatic carboxylic acids is 1. The van der Waals surface area contributed by atoms with E-state index in [-0.39, 0.29) is 150 Å². The van der Waals surface area contributed by atoms with Crippen molar-refractivity contribution < 1.29 is 183 Å². The molecule has 0 aromatic heterocycles. The fraction of sp³-hybridized carbons (Fsp3) is 0.750. The maximum Gasteiger partial charge on any atom is 0.303 e. The molecule has 16 atom stereocenters. The van der Waals surface area contributed by atoms with Crippen LogP contribution < -0.4 is 37.2 Å². The molecule has 0 spiro atoms. The summed E-state index contributed by atoms with van der Waals surface area (Å²) in [6.45, 7) is 11.1. The van der Waals surface area contributed by atoms with E-state index in [9.17, 15) is 86.3 Å². The fourth-order valence-electron chi connectivity index (χ4n) is 12.1. The first-order valence-corrected chi connectivity index (χ1v) is 37.5. The Balaban J connectivity index is 0.0000449. The predicted octanol–water partition coefficient (Wildman–Crippen LogP) is -1.40. The summed E-state index contributed by atoms with van der Waals surface area (Å²) in [6, 6.07) is -5.08. The fourth-order valence-corrected chi connectivity index (χ4v) is 12.1. The van der Waals surface area contributed by atoms with Gasteiger partial charge >= 0.3 is 59.7 Å². The zero-order chi connectivity index (χ0) is 85.1. The molecular weight excluding hydrogens is 1630 g/mol. The summed E-state index contributed by atoms with van der Waals surface area (Å²) in [5, 5.41) is 27.8. The van der Waals surface area contributed by atoms with Crippen LogP contribution in [0.15, 0.2) is 0 Å². The molecule has 3 heterocycles. The van der Waals surface area contributed by atoms with Gasteiger partial charge in [-0.2, -0.15) is 0 Å². The van der Waals surface area contributed by atoms with Crippen LogP contribution in [-0.2, 0) is 178 Å². The summed E-state index contributed by atoms with van der Waals surface area (Å²) >= 11 is 0. The average molecular weight is 1740 g/mol. The number of carbonyl (C=O) groups excluding carboxylic acids is 17. The van der Waals surface area contributed by atoms with Crippen LogP contribution in [0.5, 0.6) is 0 Å². The molecule has 3 rings (SSSR count). The number of esters is 9. The van der Waals surface area contributed by atoms with E-state index >= 15 is 0 Å². The first-order chi connectivity index (χ1) is 53.8. The molecular formula is C72H112N8O34Pd. The maximum absolute atomic E-state index is 14.4. The van der Waals surface area contributed by atoms with Gasteiger partial charge in [0.2, 0.25) is 47.3 Å². The van der Waals surface area contributed by atoms with Gasteiger partial charge in [-0.15, -0.1) is 0 Å². The van der Waals surface area contributed by atoms with Crippen LogP contribution in [0.2, 0.25) is 0 Å². The minimum Gasteiger partial charge on any atom is -0.481 e. The summed E-state index contributed by atoms with van der Waals surface area (Å²) < 4.78 is 84.4. The Morgan fingerprint density at radius 1 is 0.357 bits per heavy atom. The monoisotopic (exact) mass is 1740 g/mol. The van der Waals surface area contributed by atoms with Crippen molar-refractivity contribution in [2.24, 2.45) is 0 Å². The number of hydrogen-bond acceptors (Lipinski definition) is 33. The Bertz CT molecular complexity index is 3140. The van der Waals surface area contributed by atoms with Gasteiger partial charge in [-0.05, 0) is 57.8 Å². The van der Waals surface area contributed by atoms with E-state index in [2.05, 4.69) is 37.2 Å². The molecule has 115 heavy (non-hydrogen) atoms. The van der Waals surface area contributed by atoms with E-state index in [0.717, 1.165) is 62.3 Å². The van der Waals surface area contributed by atoms with E-state index in [0.29, 0.717) is 19.3 Å². The molecule has 3 aliphatic heterocycles. The molecule has 42 nitrogen and oxygen atoms in total. The van der Waals surface area contributed by atoms with Crippen molar-refractivity contribution in [1.82, 2.24) is 42.1 Å². The summed E-state index contributed by atoms with van der Waals surface area (Å²) in [5.41, 5.74) is 0. The molecule has 0 saturated carbocycles. The van der Waals surface area contributed by atoms with Crippen molar-refractivity contribution in [3.8, 4) is 0 Å². The minimum atomic E-state index is -1.40. The van der Waals surface area contributed by atoms with E-state index in [1.54, 1.807) is 0 Å². The smallest absolute Gasteiger partial charge is 0.303 e. The van der Waals surface area contributed by atoms with Crippen LogP contribution in [0.25, 0.3) is 0 Å². The molecule has 0 aromatic rings. The predicted molar refractivity (Wildman–Crippen MR) is 384 cm³/mol. The van der Waals surface area contributed by atoms with Crippen LogP contribution in [-0.4, -0.2) is 287 Å². The van der Waals surface area contributed by atoms with Gasteiger partial charge in [0.05, 0.1) is 0 Å². The number of amides is 8. The van der Waals surface area contributed by atoms with E-state index in [1.807, 2.05) is 0 Å². The van der Waals surface area contributed by atoms with Crippen LogP contribution in [0.4, 0.5) is 0 Å². The minimum absolute atomic E-state index is 0. The number of ether oxygens (including phenoxy) is 15. The molecule has 8 N–H and O–H groups in total. The molecule has 8 amide bonds. The topological polar surface area (TPSA) is 553 Å². The zero-order valence-corrected chi connectivity index (χ0v) is 68.4. The van der Waals surface area contributed by atoms with Crippen molar-refractivity contribution in [3.05, 3.63) is 0 Å². The summed E-state index contributed by atoms with van der Waals surface area (Å²) in [5.74, 6) is -12.7. The van der Waals surface area contributed by atoms with Crippen molar-refractivity contribution in [1.29, 1.82) is 0 Å². The van der Waals surface area contributed by atoms with Gasteiger partial charge in [-0.1, -0.05) is 6.42 Å². The number of rotatable bonds is 50. The zero-order valence-electron chi connectivity index (χ0n) is 66.8. The third kappa shape index (κ3) is 41.3. The van der Waals surface area contributed by atoms with E-state index < -0.39 is 225 Å². The number of carboxylic acid groups (broad SMARTS) is 1. The molecule has 43 heteroatoms. The molecule has 3 saturated heterocycles. The molecule has 0 radical (unpaired) electrons. The van der Waals surface area contributed by atoms with Gasteiger partial charge in [0, 0.05) is 188 Å². The molecule has 3 aliphatic rings. The van der Waals surface area contributed by atoms with Crippen LogP contribution in [0, 0.1) is 0 Å². The Hall–Kier alpha value is -9.12. The summed E-state index contributed by atoms with van der Waals surface area (Å²) in [7, 11) is 0. The number of nitrogens with zero attached hydrogens (tertiary/aromatic N) is 1. The van der Waals surface area contributed by atoms with Gasteiger partial charge in [0.1, 0.15) is 62.3 Å². The van der Waals surface area contributed by atoms with Crippen LogP contribution >= 0.6 is 0 Å². The molecule has 654 valence electrons. The standard InChI is InChI=1S/C72H112N8O34.Pd/c1-39(81)76-60-66(109-48(10)90)63(106-45(7)87)52(36-103-42(4)84)112-70(60)100-33-19-15-22-55(93)73-29-31-80(32-30-74-56(94)23-16-20-34-101-71-61(77-40(2)82)67(110-49(11)91)64(107-46(8)88)53(113-71)37-104-43(5)85)58(96)27-26-51(69(99)75-28-18-13-14-25-59(97)98)79-57(95)24-17-21-35-102-72-62(78-41(3)83)68(111-50(12)92)65(108-47(9)89)54(114-72)38-105-44(6)86;/h51-54,60-68,70-72H,13-38H2,1-12H3,(H,73,93)(H,74,94)(H,75,99)(H,76,81)(H,77,82)(H,78,83)(H,79,95)(H,97,98);/t51-,52?,53?,54?,60?,61?,62?,63?,64?,65?,66?,67?,68?,70?,71?,72?;/m0./s1. The maximum atomic E-state index is 14.4. The number of unbranched alkanes of at least 4 members (excludes halogenated alkanes) is 5. The average Bonchev–Trinajstić information content (AvgIpc) is 0.798. The second-order valence-electron chi connectivity index (χ2n) is 26.9. The third-order valence-corrected chi connectivity index (χ3v) is 16.9. The Morgan fingerprint density at radius 2 is 0.670 bits per heavy atom. The van der Waals surface area contributed by atoms with Gasteiger partial charge < -0.3 is 118 Å². The largest absolute Gasteiger partial charge is 0.481 e. The Labute approximate surface area is 678 Å². The SMILES string of the molecule is CC(=O)NC1C(OCCCCC(=O)NCCN(CCNC(=O)CCCCOC2OC(COC(C)=O)C(OC(C)=O)C(OC(C)=O)C2NC(C)=O)C(=O)CC[C@H](NC(=O)CCCCOC2OC(COC(C)=O)C(OC(C)=O)C(OC(C)=O)C2NC(C)=O)C(=O)NCCCCCC(=O)O)OC(COC(C)=O)C(OC(C)=O)C1OC(C)=O.[Pd]. The van der Waals surface area contributed by atoms with Gasteiger partial charge in [0.25, 0.3) is 0 Å². The number of hydrogen-bond donors (Lipinski definition) is 8. The van der Waals surface area contributed by atoms with Crippen molar-refractivity contribution in [2.75, 3.05) is 72.4 Å². The van der Waals surface area contributed by atoms with Crippen LogP contribution in [0.3, 0.4) is 0 Å². The summed E-state index contributed by atoms with van der Waals surface area (Å²) in [6.07, 6.45) is -15.1. The normalized spacial score (nSPS) is 22.9. The van der Waals surface area contributed by atoms with E-state index in [1.165, 1.54) is 25.7 Å². The second-order valence-corrected chi connectivity index (χ2v) is 26.9. The number of nitrogens with one attached hydrogen (secondary N) is 7. The first kappa shape index (κ1) is 102. The Morgan fingerprint density at radius 3 is 0.974 bits per heavy atom. The summed E-state index contributed by atoms with van der Waals surface area (Å²) in [4.78, 5) is 228. The number of carboxylic acids is 1. The Kier molecular flexibility index (Phi) is 48.5. The van der Waals surface area contributed by atoms with Crippen molar-refractivity contribution in [2.45, 2.75) is 277 Å². The third-order valence-electron chi connectivity index (χ3n) is 16.9. The van der Waals surface area contributed by atoms with Crippen molar-refractivity contribution >= 4 is 107 Å². The van der Waals surface area contributed by atoms with Gasteiger partial charge in [0.15, 0.2) is 55.5 Å². The van der Waals surface area contributed by atoms with Crippen molar-refractivity contribution in [3.63, 3.8) is 0 Å². The first-order valence-electron chi connectivity index (χ1n) is 37.5. The molecule has 3 fully saturated rings. The van der Waals surface area contributed by atoms with Crippen LogP contribution in [0.1, 0.15) is 179 Å². The molecule has 0 bridgehead atoms. The quantitative estimate of drug-likeness (QED) is 0.0150. The molecule has 15 unspecified atom stereocenters. The molecule has 0 aromatic carbocycles. The number of carbonyl (C=O) groups is 18. The van der Waals surface area contributed by atoms with E-state index in [4.69, 9.17) is 76.2 Å². The van der Waals surface area contributed by atoms with Gasteiger partial charge in [-0.25, -0.2) is 0 Å².